The fourth-order valence-corrected chi connectivity index (χ4v) is 5.74. The summed E-state index contributed by atoms with van der Waals surface area (Å²) in [5.74, 6) is 0.455. The van der Waals surface area contributed by atoms with Gasteiger partial charge >= 0.3 is 0 Å². The molecule has 1 aromatic rings. The lowest BCUT2D eigenvalue weighted by Crippen LogP contribution is -2.13. The average Bonchev–Trinajstić information content (AvgIpc) is 2.72. The van der Waals surface area contributed by atoms with Crippen molar-refractivity contribution in [1.29, 1.82) is 0 Å². The Bertz CT molecular complexity index is 554. The lowest BCUT2D eigenvalue weighted by molar-refractivity contribution is 0.601. The Balaban J connectivity index is 1.73. The second-order valence-electron chi connectivity index (χ2n) is 4.23. The van der Waals surface area contributed by atoms with Gasteiger partial charge in [-0.05, 0) is 12.1 Å². The predicted octanol–water partition coefficient (Wildman–Crippen LogP) is 1.37. The van der Waals surface area contributed by atoms with Gasteiger partial charge in [0.15, 0.2) is 15.0 Å². The first-order chi connectivity index (χ1) is 8.12. The summed E-state index contributed by atoms with van der Waals surface area (Å²) in [6, 6.07) is 9.73. The van der Waals surface area contributed by atoms with Gasteiger partial charge in [-0.15, -0.1) is 0 Å². The molecule has 1 aromatic carbocycles. The number of hydrogen-bond donors (Lipinski definition) is 1. The van der Waals surface area contributed by atoms with Gasteiger partial charge in [0.25, 0.3) is 0 Å². The third kappa shape index (κ3) is 2.32. The van der Waals surface area contributed by atoms with Gasteiger partial charge in [0.2, 0.25) is 0 Å². The van der Waals surface area contributed by atoms with Crippen molar-refractivity contribution >= 4 is 32.5 Å². The van der Waals surface area contributed by atoms with E-state index in [2.05, 4.69) is 10.3 Å². The van der Waals surface area contributed by atoms with E-state index in [0.717, 1.165) is 10.9 Å². The molecule has 4 nitrogen and oxygen atoms in total. The molecule has 0 bridgehead atoms. The van der Waals surface area contributed by atoms with Crippen LogP contribution in [0.1, 0.15) is 0 Å². The molecule has 2 atom stereocenters. The molecule has 0 spiro atoms. The molecular formula is C11H12N2O2S2. The van der Waals surface area contributed by atoms with Gasteiger partial charge in [0.1, 0.15) is 0 Å². The van der Waals surface area contributed by atoms with E-state index in [4.69, 9.17) is 0 Å². The highest BCUT2D eigenvalue weighted by molar-refractivity contribution is 8.15. The number of hydrogen-bond acceptors (Lipinski definition) is 5. The van der Waals surface area contributed by atoms with Gasteiger partial charge < -0.3 is 5.32 Å². The number of rotatable bonds is 1. The maximum absolute atomic E-state index is 11.4. The molecule has 2 aliphatic rings. The van der Waals surface area contributed by atoms with Crippen LogP contribution >= 0.6 is 11.8 Å². The highest BCUT2D eigenvalue weighted by Crippen LogP contribution is 2.34. The summed E-state index contributed by atoms with van der Waals surface area (Å²) in [4.78, 5) is 4.43. The summed E-state index contributed by atoms with van der Waals surface area (Å²) in [5.41, 5.74) is 0.988. The summed E-state index contributed by atoms with van der Waals surface area (Å²) in [5, 5.41) is 4.15. The quantitative estimate of drug-likeness (QED) is 0.835. The summed E-state index contributed by atoms with van der Waals surface area (Å²) in [6.07, 6.45) is 0. The molecule has 90 valence electrons. The molecule has 2 aliphatic heterocycles. The summed E-state index contributed by atoms with van der Waals surface area (Å²) >= 11 is 1.54. The molecule has 3 rings (SSSR count). The first-order valence-electron chi connectivity index (χ1n) is 5.39. The van der Waals surface area contributed by atoms with Crippen molar-refractivity contribution in [2.75, 3.05) is 16.8 Å². The van der Waals surface area contributed by atoms with Crippen molar-refractivity contribution in [3.8, 4) is 0 Å². The number of amidine groups is 1. The molecule has 0 aromatic heterocycles. The fourth-order valence-electron chi connectivity index (χ4n) is 2.06. The Hall–Kier alpha value is -1.01. The minimum atomic E-state index is -2.86. The maximum atomic E-state index is 11.4. The molecule has 0 aliphatic carbocycles. The van der Waals surface area contributed by atoms with E-state index in [0.29, 0.717) is 0 Å². The zero-order chi connectivity index (χ0) is 11.9. The van der Waals surface area contributed by atoms with Crippen molar-refractivity contribution in [1.82, 2.24) is 0 Å². The number of thioether (sulfide) groups is 1. The van der Waals surface area contributed by atoms with Crippen LogP contribution in [0.3, 0.4) is 0 Å². The van der Waals surface area contributed by atoms with E-state index in [-0.39, 0.29) is 22.8 Å². The Labute approximate surface area is 104 Å². The third-order valence-corrected chi connectivity index (χ3v) is 5.98. The number of para-hydroxylation sites is 1. The monoisotopic (exact) mass is 268 g/mol. The lowest BCUT2D eigenvalue weighted by atomic mass is 10.3. The minimum absolute atomic E-state index is 0.0591. The van der Waals surface area contributed by atoms with Gasteiger partial charge in [-0.3, -0.25) is 4.99 Å². The first-order valence-corrected chi connectivity index (χ1v) is 8.09. The van der Waals surface area contributed by atoms with Gasteiger partial charge in [-0.2, -0.15) is 0 Å². The first kappa shape index (κ1) is 11.1. The summed E-state index contributed by atoms with van der Waals surface area (Å²) < 4.78 is 22.8. The van der Waals surface area contributed by atoms with Gasteiger partial charge in [-0.25, -0.2) is 8.42 Å². The van der Waals surface area contributed by atoms with Crippen LogP contribution in [0.15, 0.2) is 35.3 Å². The van der Waals surface area contributed by atoms with E-state index in [9.17, 15) is 8.42 Å². The van der Waals surface area contributed by atoms with Crippen LogP contribution in [-0.4, -0.2) is 36.4 Å². The molecule has 0 saturated carbocycles. The van der Waals surface area contributed by atoms with Crippen LogP contribution in [0, 0.1) is 0 Å². The fraction of sp³-hybridized carbons (Fsp3) is 0.364. The molecule has 17 heavy (non-hydrogen) atoms. The van der Waals surface area contributed by atoms with E-state index >= 15 is 0 Å². The van der Waals surface area contributed by atoms with Crippen molar-refractivity contribution in [3.05, 3.63) is 30.3 Å². The van der Waals surface area contributed by atoms with Crippen molar-refractivity contribution < 1.29 is 8.42 Å². The molecule has 1 saturated heterocycles. The zero-order valence-corrected chi connectivity index (χ0v) is 10.7. The van der Waals surface area contributed by atoms with Crippen LogP contribution in [0.4, 0.5) is 5.69 Å². The van der Waals surface area contributed by atoms with Crippen LogP contribution in [0.2, 0.25) is 0 Å². The molecule has 0 radical (unpaired) electrons. The van der Waals surface area contributed by atoms with Gasteiger partial charge in [-0.1, -0.05) is 30.0 Å². The van der Waals surface area contributed by atoms with Crippen molar-refractivity contribution in [2.24, 2.45) is 4.99 Å². The zero-order valence-electron chi connectivity index (χ0n) is 9.04. The lowest BCUT2D eigenvalue weighted by Gasteiger charge is -2.05. The minimum Gasteiger partial charge on any atom is -0.335 e. The molecule has 0 unspecified atom stereocenters. The van der Waals surface area contributed by atoms with Crippen LogP contribution in [-0.2, 0) is 9.84 Å². The van der Waals surface area contributed by atoms with Crippen molar-refractivity contribution in [2.45, 2.75) is 11.3 Å². The number of anilines is 1. The van der Waals surface area contributed by atoms with Gasteiger partial charge in [0.05, 0.1) is 17.5 Å². The van der Waals surface area contributed by atoms with E-state index < -0.39 is 9.84 Å². The molecule has 6 heteroatoms. The normalized spacial score (nSPS) is 29.8. The molecule has 1 fully saturated rings. The standard InChI is InChI=1S/C11H12N2O2S2/c14-17(15)6-9-10(7-17)16-11(13-9)12-8-4-2-1-3-5-8/h1-5,9-10H,6-7H2,(H,12,13)/t9-,10-/m1/s1. The largest absolute Gasteiger partial charge is 0.335 e. The number of sulfone groups is 1. The number of aliphatic imine (C=N–C) groups is 1. The SMILES string of the molecule is O=S1(=O)C[C@H]2N=C(Nc3ccccc3)S[C@@H]2C1. The predicted molar refractivity (Wildman–Crippen MR) is 71.3 cm³/mol. The van der Waals surface area contributed by atoms with Crippen LogP contribution < -0.4 is 5.32 Å². The summed E-state index contributed by atoms with van der Waals surface area (Å²) in [6.45, 7) is 0. The van der Waals surface area contributed by atoms with E-state index in [1.54, 1.807) is 0 Å². The Morgan fingerprint density at radius 3 is 2.71 bits per heavy atom. The molecule has 2 heterocycles. The third-order valence-electron chi connectivity index (χ3n) is 2.84. The highest BCUT2D eigenvalue weighted by Gasteiger charge is 2.42. The topological polar surface area (TPSA) is 58.5 Å². The second kappa shape index (κ2) is 4.03. The maximum Gasteiger partial charge on any atom is 0.161 e. The number of fused-ring (bicyclic) bond motifs is 1. The Morgan fingerprint density at radius 1 is 1.24 bits per heavy atom. The number of nitrogens with one attached hydrogen (secondary N) is 1. The average molecular weight is 268 g/mol. The Morgan fingerprint density at radius 2 is 2.00 bits per heavy atom. The molecule has 0 amide bonds. The Kier molecular flexibility index (Phi) is 2.63. The van der Waals surface area contributed by atoms with Crippen LogP contribution in [0.25, 0.3) is 0 Å². The number of benzene rings is 1. The van der Waals surface area contributed by atoms with Crippen molar-refractivity contribution in [3.63, 3.8) is 0 Å². The van der Waals surface area contributed by atoms with E-state index in [1.807, 2.05) is 30.3 Å². The second-order valence-corrected chi connectivity index (χ2v) is 7.61. The van der Waals surface area contributed by atoms with Gasteiger partial charge in [0, 0.05) is 10.9 Å². The molecule has 1 N–H and O–H groups in total. The molecular weight excluding hydrogens is 256 g/mol. The van der Waals surface area contributed by atoms with E-state index in [1.165, 1.54) is 11.8 Å². The highest BCUT2D eigenvalue weighted by atomic mass is 32.2. The summed E-state index contributed by atoms with van der Waals surface area (Å²) in [7, 11) is -2.86. The number of nitrogens with zero attached hydrogens (tertiary/aromatic N) is 1. The van der Waals surface area contributed by atoms with Crippen LogP contribution in [0.5, 0.6) is 0 Å². The smallest absolute Gasteiger partial charge is 0.161 e.